The van der Waals surface area contributed by atoms with E-state index in [-0.39, 0.29) is 0 Å². The van der Waals surface area contributed by atoms with Crippen molar-refractivity contribution in [2.75, 3.05) is 5.32 Å². The van der Waals surface area contributed by atoms with E-state index in [1.807, 2.05) is 23.5 Å². The maximum atomic E-state index is 5.70. The van der Waals surface area contributed by atoms with Crippen LogP contribution in [-0.4, -0.2) is 14.8 Å². The number of nitrogens with one attached hydrogen (secondary N) is 1. The smallest absolute Gasteiger partial charge is 0.201 e. The zero-order chi connectivity index (χ0) is 38.2. The normalized spacial score (nSPS) is 14.5. The molecule has 0 amide bonds. The summed E-state index contributed by atoms with van der Waals surface area (Å²) in [7, 11) is 0. The second kappa shape index (κ2) is 13.4. The molecule has 6 heteroatoms. The molecule has 2 aliphatic heterocycles. The van der Waals surface area contributed by atoms with Crippen LogP contribution < -0.4 is 5.32 Å². The zero-order valence-corrected chi connectivity index (χ0v) is 32.8. The Balaban J connectivity index is 1.07. The summed E-state index contributed by atoms with van der Waals surface area (Å²) in [4.78, 5) is 10.9. The Morgan fingerprint density at radius 1 is 0.466 bits per heavy atom. The first-order chi connectivity index (χ1) is 28.7. The summed E-state index contributed by atoms with van der Waals surface area (Å²) < 4.78 is 4.77. The fraction of sp³-hybridized carbons (Fsp3) is 0.0192. The lowest BCUT2D eigenvalue weighted by Gasteiger charge is -2.27. The van der Waals surface area contributed by atoms with Gasteiger partial charge in [-0.25, -0.2) is 4.99 Å². The van der Waals surface area contributed by atoms with Gasteiger partial charge in [-0.3, -0.25) is 0 Å². The lowest BCUT2D eigenvalue weighted by atomic mass is 10.00. The standard InChI is InChI=1S/C52H34N4S2/c1-4-15-34(16-5-1)44-32-41-51(55(44)38-19-8-3-9-20-38)50(35-17-6-2-7-18-35)54-52(53-41)56-42-27-25-36(30-40(42)49-39-21-11-10-14-33(39)24-28-43(49)56)37-26-29-47-48(31-37)58-46-23-13-12-22-45(46)57-47/h1-32,52-53H. The molecule has 4 heterocycles. The number of benzene rings is 8. The SMILES string of the molecule is c1ccc(C2=NC(n3c4ccc(-c5ccc6c(c5)Sc5ccccc5S6)cc4c4c5ccccc5ccc43)Nc3cc(-c4ccccc4)n(-c4ccccc4)c32)cc1. The fourth-order valence-corrected chi connectivity index (χ4v) is 11.0. The van der Waals surface area contributed by atoms with Crippen molar-refractivity contribution >= 4 is 67.5 Å². The summed E-state index contributed by atoms with van der Waals surface area (Å²) in [5.74, 6) is 0. The predicted octanol–water partition coefficient (Wildman–Crippen LogP) is 14.1. The van der Waals surface area contributed by atoms with Crippen molar-refractivity contribution in [1.29, 1.82) is 0 Å². The van der Waals surface area contributed by atoms with Gasteiger partial charge >= 0.3 is 0 Å². The van der Waals surface area contributed by atoms with Gasteiger partial charge in [0, 0.05) is 41.6 Å². The van der Waals surface area contributed by atoms with Gasteiger partial charge in [0.15, 0.2) is 0 Å². The van der Waals surface area contributed by atoms with Crippen molar-refractivity contribution in [2.24, 2.45) is 4.99 Å². The largest absolute Gasteiger partial charge is 0.345 e. The molecular weight excluding hydrogens is 745 g/mol. The first-order valence-electron chi connectivity index (χ1n) is 19.6. The molecule has 274 valence electrons. The molecule has 0 spiro atoms. The van der Waals surface area contributed by atoms with Gasteiger partial charge in [0.1, 0.15) is 0 Å². The highest BCUT2D eigenvalue weighted by atomic mass is 32.2. The van der Waals surface area contributed by atoms with Crippen LogP contribution in [-0.2, 0) is 0 Å². The minimum Gasteiger partial charge on any atom is -0.345 e. The fourth-order valence-electron chi connectivity index (χ4n) is 8.78. The van der Waals surface area contributed by atoms with Crippen molar-refractivity contribution < 1.29 is 0 Å². The first-order valence-corrected chi connectivity index (χ1v) is 21.2. The molecule has 0 bridgehead atoms. The molecule has 1 unspecified atom stereocenters. The van der Waals surface area contributed by atoms with Crippen LogP contribution in [0.4, 0.5) is 5.69 Å². The van der Waals surface area contributed by atoms with Gasteiger partial charge in [-0.2, -0.15) is 0 Å². The number of hydrogen-bond acceptors (Lipinski definition) is 4. The predicted molar refractivity (Wildman–Crippen MR) is 243 cm³/mol. The first kappa shape index (κ1) is 33.4. The van der Waals surface area contributed by atoms with Gasteiger partial charge in [0.05, 0.1) is 33.8 Å². The number of nitrogens with zero attached hydrogens (tertiary/aromatic N) is 3. The second-order valence-electron chi connectivity index (χ2n) is 14.8. The number of rotatable bonds is 5. The molecule has 0 radical (unpaired) electrons. The van der Waals surface area contributed by atoms with Gasteiger partial charge in [0.25, 0.3) is 0 Å². The molecule has 0 fully saturated rings. The lowest BCUT2D eigenvalue weighted by Crippen LogP contribution is -2.26. The Hall–Kier alpha value is -6.73. The highest BCUT2D eigenvalue weighted by molar-refractivity contribution is 8.05. The van der Waals surface area contributed by atoms with Crippen molar-refractivity contribution in [3.8, 4) is 28.1 Å². The van der Waals surface area contributed by atoms with Crippen LogP contribution in [0.25, 0.3) is 60.6 Å². The Kier molecular flexibility index (Phi) is 7.75. The average Bonchev–Trinajstić information content (AvgIpc) is 3.85. The summed E-state index contributed by atoms with van der Waals surface area (Å²) >= 11 is 3.72. The van der Waals surface area contributed by atoms with E-state index in [0.29, 0.717) is 0 Å². The summed E-state index contributed by atoms with van der Waals surface area (Å²) in [5.41, 5.74) is 12.1. The molecule has 1 atom stereocenters. The quantitative estimate of drug-likeness (QED) is 0.189. The minimum atomic E-state index is -0.415. The van der Waals surface area contributed by atoms with Crippen molar-refractivity contribution in [2.45, 2.75) is 25.9 Å². The number of hydrogen-bond donors (Lipinski definition) is 1. The Labute approximate surface area is 344 Å². The van der Waals surface area contributed by atoms with E-state index >= 15 is 0 Å². The molecule has 1 N–H and O–H groups in total. The molecule has 8 aromatic carbocycles. The van der Waals surface area contributed by atoms with E-state index in [0.717, 1.165) is 50.6 Å². The molecule has 4 nitrogen and oxygen atoms in total. The number of fused-ring (bicyclic) bond motifs is 8. The maximum Gasteiger partial charge on any atom is 0.201 e. The van der Waals surface area contributed by atoms with Gasteiger partial charge in [-0.05, 0) is 88.1 Å². The van der Waals surface area contributed by atoms with Crippen LogP contribution in [0.15, 0.2) is 219 Å². The third kappa shape index (κ3) is 5.37. The molecule has 10 aromatic rings. The van der Waals surface area contributed by atoms with Crippen LogP contribution in [0.5, 0.6) is 0 Å². The molecule has 0 saturated heterocycles. The van der Waals surface area contributed by atoms with Gasteiger partial charge in [-0.1, -0.05) is 157 Å². The van der Waals surface area contributed by atoms with Gasteiger partial charge < -0.3 is 14.5 Å². The topological polar surface area (TPSA) is 34.2 Å². The molecule has 58 heavy (non-hydrogen) atoms. The molecule has 2 aromatic heterocycles. The van der Waals surface area contributed by atoms with E-state index in [9.17, 15) is 0 Å². The molecular formula is C52H34N4S2. The van der Waals surface area contributed by atoms with E-state index < -0.39 is 6.29 Å². The number of aliphatic imine (C=N–C) groups is 1. The number of anilines is 1. The minimum absolute atomic E-state index is 0.415. The Morgan fingerprint density at radius 2 is 1.09 bits per heavy atom. The van der Waals surface area contributed by atoms with Crippen LogP contribution in [0, 0.1) is 0 Å². The van der Waals surface area contributed by atoms with Crippen molar-refractivity contribution in [3.05, 3.63) is 205 Å². The van der Waals surface area contributed by atoms with Crippen molar-refractivity contribution in [1.82, 2.24) is 9.13 Å². The third-order valence-electron chi connectivity index (χ3n) is 11.4. The summed E-state index contributed by atoms with van der Waals surface area (Å²) in [6, 6.07) is 70.1. The van der Waals surface area contributed by atoms with Gasteiger partial charge in [-0.15, -0.1) is 0 Å². The van der Waals surface area contributed by atoms with E-state index in [4.69, 9.17) is 4.99 Å². The monoisotopic (exact) mass is 778 g/mol. The highest BCUT2D eigenvalue weighted by Gasteiger charge is 2.31. The molecule has 2 aliphatic rings. The van der Waals surface area contributed by atoms with Crippen LogP contribution >= 0.6 is 23.5 Å². The van der Waals surface area contributed by atoms with E-state index in [1.54, 1.807) is 0 Å². The van der Waals surface area contributed by atoms with Gasteiger partial charge in [0.2, 0.25) is 6.29 Å². The molecule has 0 aliphatic carbocycles. The number of para-hydroxylation sites is 1. The number of aromatic nitrogens is 2. The highest BCUT2D eigenvalue weighted by Crippen LogP contribution is 2.50. The lowest BCUT2D eigenvalue weighted by molar-refractivity contribution is 0.623. The zero-order valence-electron chi connectivity index (χ0n) is 31.2. The van der Waals surface area contributed by atoms with E-state index in [1.165, 1.54) is 52.3 Å². The van der Waals surface area contributed by atoms with Crippen LogP contribution in [0.1, 0.15) is 17.5 Å². The summed E-state index contributed by atoms with van der Waals surface area (Å²) in [5, 5.41) is 8.88. The van der Waals surface area contributed by atoms with E-state index in [2.05, 4.69) is 209 Å². The summed E-state index contributed by atoms with van der Waals surface area (Å²) in [6.07, 6.45) is -0.415. The molecule has 12 rings (SSSR count). The van der Waals surface area contributed by atoms with Crippen LogP contribution in [0.2, 0.25) is 0 Å². The van der Waals surface area contributed by atoms with Crippen molar-refractivity contribution in [3.63, 3.8) is 0 Å². The van der Waals surface area contributed by atoms with Crippen LogP contribution in [0.3, 0.4) is 0 Å². The maximum absolute atomic E-state index is 5.70. The summed E-state index contributed by atoms with van der Waals surface area (Å²) in [6.45, 7) is 0. The third-order valence-corrected chi connectivity index (χ3v) is 13.9. The Morgan fingerprint density at radius 3 is 1.88 bits per heavy atom. The Bertz CT molecular complexity index is 3260. The second-order valence-corrected chi connectivity index (χ2v) is 17.0. The molecule has 0 saturated carbocycles. The average molecular weight is 779 g/mol.